The monoisotopic (exact) mass is 328 g/mol. The summed E-state index contributed by atoms with van der Waals surface area (Å²) in [5.74, 6) is 4.20. The number of ether oxygens (including phenoxy) is 3. The Kier molecular flexibility index (Phi) is 8.85. The fraction of sp³-hybridized carbons (Fsp3) is 0.350. The number of carbonyl (C=O) groups excluding carboxylic acids is 1. The van der Waals surface area contributed by atoms with E-state index >= 15 is 0 Å². The summed E-state index contributed by atoms with van der Waals surface area (Å²) in [6.07, 6.45) is 12.3. The molecule has 0 amide bonds. The van der Waals surface area contributed by atoms with Crippen molar-refractivity contribution in [2.24, 2.45) is 0 Å². The summed E-state index contributed by atoms with van der Waals surface area (Å²) in [7, 11) is 1.54. The molecule has 1 rings (SSSR count). The number of benzene rings is 1. The Balaban J connectivity index is 2.69. The van der Waals surface area contributed by atoms with Crippen LogP contribution in [0.1, 0.15) is 39.0 Å². The lowest BCUT2D eigenvalue weighted by Crippen LogP contribution is -2.07. The van der Waals surface area contributed by atoms with Crippen LogP contribution in [0.5, 0.6) is 17.2 Å². The fourth-order valence-electron chi connectivity index (χ4n) is 1.92. The van der Waals surface area contributed by atoms with Gasteiger partial charge in [-0.25, -0.2) is 0 Å². The first-order chi connectivity index (χ1) is 11.6. The summed E-state index contributed by atoms with van der Waals surface area (Å²) in [6, 6.07) is 4.97. The Hall–Kier alpha value is -2.67. The second kappa shape index (κ2) is 11.0. The Bertz CT molecular complexity index is 623. The third-order valence-electron chi connectivity index (χ3n) is 3.12. The highest BCUT2D eigenvalue weighted by molar-refractivity contribution is 5.72. The Morgan fingerprint density at radius 1 is 1.21 bits per heavy atom. The van der Waals surface area contributed by atoms with Crippen LogP contribution in [0.2, 0.25) is 0 Å². The number of carbonyl (C=O) groups is 1. The number of rotatable bonds is 10. The van der Waals surface area contributed by atoms with Gasteiger partial charge < -0.3 is 14.2 Å². The molecule has 24 heavy (non-hydrogen) atoms. The zero-order valence-corrected chi connectivity index (χ0v) is 14.3. The molecule has 0 radical (unpaired) electrons. The molecule has 0 bridgehead atoms. The van der Waals surface area contributed by atoms with E-state index in [4.69, 9.17) is 20.6 Å². The van der Waals surface area contributed by atoms with Crippen LogP contribution in [-0.2, 0) is 4.79 Å². The van der Waals surface area contributed by atoms with Crippen LogP contribution < -0.4 is 14.2 Å². The van der Waals surface area contributed by atoms with E-state index in [1.807, 2.05) is 19.1 Å². The molecule has 0 spiro atoms. The molecule has 0 aliphatic heterocycles. The largest absolute Gasteiger partial charge is 0.496 e. The van der Waals surface area contributed by atoms with Gasteiger partial charge in [-0.1, -0.05) is 18.7 Å². The summed E-state index contributed by atoms with van der Waals surface area (Å²) < 4.78 is 16.2. The molecule has 0 atom stereocenters. The lowest BCUT2D eigenvalue weighted by Gasteiger charge is -2.12. The molecule has 0 saturated heterocycles. The van der Waals surface area contributed by atoms with Gasteiger partial charge >= 0.3 is 5.97 Å². The molecule has 0 heterocycles. The van der Waals surface area contributed by atoms with E-state index in [1.54, 1.807) is 18.2 Å². The van der Waals surface area contributed by atoms with Gasteiger partial charge in [-0.05, 0) is 19.8 Å². The highest BCUT2D eigenvalue weighted by Gasteiger charge is 2.09. The molecule has 0 unspecified atom stereocenters. The molecule has 0 aliphatic rings. The average Bonchev–Trinajstić information content (AvgIpc) is 2.56. The molecule has 0 saturated carbocycles. The smallest absolute Gasteiger partial charge is 0.311 e. The van der Waals surface area contributed by atoms with Crippen LogP contribution >= 0.6 is 0 Å². The van der Waals surface area contributed by atoms with Crippen LogP contribution in [0.4, 0.5) is 0 Å². The molecule has 1 aromatic carbocycles. The molecule has 1 aromatic rings. The van der Waals surface area contributed by atoms with Crippen molar-refractivity contribution in [3.63, 3.8) is 0 Å². The Morgan fingerprint density at radius 3 is 2.50 bits per heavy atom. The van der Waals surface area contributed by atoms with Crippen molar-refractivity contribution in [3.05, 3.63) is 42.7 Å². The van der Waals surface area contributed by atoms with Gasteiger partial charge in [0.15, 0.2) is 0 Å². The maximum atomic E-state index is 11.9. The normalized spacial score (nSPS) is 10.2. The molecular formula is C20H24O4. The molecule has 0 N–H and O–H groups in total. The molecular weight excluding hydrogens is 304 g/mol. The Labute approximate surface area is 144 Å². The van der Waals surface area contributed by atoms with Crippen molar-refractivity contribution >= 4 is 5.97 Å². The third kappa shape index (κ3) is 7.55. The quantitative estimate of drug-likeness (QED) is 0.157. The van der Waals surface area contributed by atoms with E-state index in [0.717, 1.165) is 12.8 Å². The predicted molar refractivity (Wildman–Crippen MR) is 95.1 cm³/mol. The first kappa shape index (κ1) is 19.4. The van der Waals surface area contributed by atoms with Gasteiger partial charge in [0, 0.05) is 37.5 Å². The predicted octanol–water partition coefficient (Wildman–Crippen LogP) is 4.65. The van der Waals surface area contributed by atoms with Crippen LogP contribution in [0.15, 0.2) is 42.7 Å². The van der Waals surface area contributed by atoms with Crippen molar-refractivity contribution in [1.82, 2.24) is 0 Å². The first-order valence-electron chi connectivity index (χ1n) is 7.89. The zero-order valence-electron chi connectivity index (χ0n) is 14.3. The minimum absolute atomic E-state index is 0.287. The van der Waals surface area contributed by atoms with Crippen molar-refractivity contribution in [2.45, 2.75) is 39.0 Å². The minimum Gasteiger partial charge on any atom is -0.496 e. The van der Waals surface area contributed by atoms with Crippen molar-refractivity contribution in [1.29, 1.82) is 0 Å². The van der Waals surface area contributed by atoms with E-state index in [0.29, 0.717) is 42.3 Å². The van der Waals surface area contributed by atoms with Crippen LogP contribution in [0, 0.1) is 12.3 Å². The first-order valence-corrected chi connectivity index (χ1v) is 7.89. The van der Waals surface area contributed by atoms with Gasteiger partial charge in [-0.2, -0.15) is 0 Å². The number of hydrogen-bond donors (Lipinski definition) is 0. The van der Waals surface area contributed by atoms with Crippen molar-refractivity contribution in [3.8, 4) is 29.6 Å². The molecule has 0 aliphatic carbocycles. The van der Waals surface area contributed by atoms with E-state index < -0.39 is 0 Å². The highest BCUT2D eigenvalue weighted by atomic mass is 16.5. The molecule has 4 heteroatoms. The second-order valence-electron chi connectivity index (χ2n) is 5.12. The van der Waals surface area contributed by atoms with Gasteiger partial charge in [-0.3, -0.25) is 4.79 Å². The standard InChI is InChI=1S/C20H24O4/c1-5-7-9-10-12-20(21)24-19-14-17(22-4)13-18(15-19)23-16(3)11-8-6-2/h2,5,7,13-15H,3,8-12H2,1,4H3/b7-5-. The van der Waals surface area contributed by atoms with Crippen LogP contribution in [0.25, 0.3) is 0 Å². The summed E-state index contributed by atoms with van der Waals surface area (Å²) in [5, 5.41) is 0. The number of terminal acetylenes is 1. The van der Waals surface area contributed by atoms with Gasteiger partial charge in [-0.15, -0.1) is 12.3 Å². The molecule has 0 fully saturated rings. The van der Waals surface area contributed by atoms with Gasteiger partial charge in [0.2, 0.25) is 0 Å². The number of allylic oxidation sites excluding steroid dienone is 3. The number of esters is 1. The summed E-state index contributed by atoms with van der Waals surface area (Å²) >= 11 is 0. The third-order valence-corrected chi connectivity index (χ3v) is 3.12. The minimum atomic E-state index is -0.287. The fourth-order valence-corrected chi connectivity index (χ4v) is 1.92. The second-order valence-corrected chi connectivity index (χ2v) is 5.12. The number of methoxy groups -OCH3 is 1. The van der Waals surface area contributed by atoms with E-state index in [9.17, 15) is 4.79 Å². The summed E-state index contributed by atoms with van der Waals surface area (Å²) in [4.78, 5) is 11.9. The van der Waals surface area contributed by atoms with Gasteiger partial charge in [0.25, 0.3) is 0 Å². The zero-order chi connectivity index (χ0) is 17.8. The van der Waals surface area contributed by atoms with E-state index in [1.165, 1.54) is 7.11 Å². The van der Waals surface area contributed by atoms with Crippen molar-refractivity contribution < 1.29 is 19.0 Å². The Morgan fingerprint density at radius 2 is 1.88 bits per heavy atom. The summed E-state index contributed by atoms with van der Waals surface area (Å²) in [5.41, 5.74) is 0. The van der Waals surface area contributed by atoms with E-state index in [-0.39, 0.29) is 5.97 Å². The molecule has 4 nitrogen and oxygen atoms in total. The summed E-state index contributed by atoms with van der Waals surface area (Å²) in [6.45, 7) is 5.77. The van der Waals surface area contributed by atoms with Gasteiger partial charge in [0.1, 0.15) is 17.2 Å². The average molecular weight is 328 g/mol. The van der Waals surface area contributed by atoms with Crippen LogP contribution in [0.3, 0.4) is 0 Å². The lowest BCUT2D eigenvalue weighted by molar-refractivity contribution is -0.134. The molecule has 0 aromatic heterocycles. The maximum Gasteiger partial charge on any atom is 0.311 e. The van der Waals surface area contributed by atoms with Gasteiger partial charge in [0.05, 0.1) is 12.9 Å². The highest BCUT2D eigenvalue weighted by Crippen LogP contribution is 2.29. The number of hydrogen-bond acceptors (Lipinski definition) is 4. The maximum absolute atomic E-state index is 11.9. The SMILES string of the molecule is C#CCCC(=C)Oc1cc(OC)cc(OC(=O)CCC/C=C\C)c1. The topological polar surface area (TPSA) is 44.8 Å². The molecule has 128 valence electrons. The van der Waals surface area contributed by atoms with Crippen molar-refractivity contribution in [2.75, 3.05) is 7.11 Å². The van der Waals surface area contributed by atoms with Crippen LogP contribution in [-0.4, -0.2) is 13.1 Å². The van der Waals surface area contributed by atoms with E-state index in [2.05, 4.69) is 12.5 Å². The number of unbranched alkanes of at least 4 members (excludes halogenated alkanes) is 1. The lowest BCUT2D eigenvalue weighted by atomic mass is 10.2.